The number of anilines is 3. The summed E-state index contributed by atoms with van der Waals surface area (Å²) < 4.78 is 15.4. The van der Waals surface area contributed by atoms with Crippen LogP contribution in [0.3, 0.4) is 0 Å². The second kappa shape index (κ2) is 12.0. The number of nitrogens with zero attached hydrogens (tertiary/aromatic N) is 2. The number of hydrogen-bond acceptors (Lipinski definition) is 3. The molecule has 0 radical (unpaired) electrons. The summed E-state index contributed by atoms with van der Waals surface area (Å²) in [5, 5.41) is 9.15. The molecule has 4 nitrogen and oxygen atoms in total. The summed E-state index contributed by atoms with van der Waals surface area (Å²) >= 11 is 0. The fourth-order valence-electron chi connectivity index (χ4n) is 8.85. The maximum absolute atomic E-state index is 6.72. The lowest BCUT2D eigenvalue weighted by Crippen LogP contribution is -2.11. The van der Waals surface area contributed by atoms with Crippen LogP contribution in [-0.4, -0.2) is 4.57 Å². The van der Waals surface area contributed by atoms with Gasteiger partial charge in [0.2, 0.25) is 0 Å². The molecule has 0 fully saturated rings. The van der Waals surface area contributed by atoms with Gasteiger partial charge in [0.1, 0.15) is 22.3 Å². The quantitative estimate of drug-likeness (QED) is 0.178. The predicted octanol–water partition coefficient (Wildman–Crippen LogP) is 14.9. The van der Waals surface area contributed by atoms with Crippen LogP contribution in [0.4, 0.5) is 17.1 Å². The first-order valence-electron chi connectivity index (χ1n) is 19.0. The van der Waals surface area contributed by atoms with Crippen molar-refractivity contribution in [2.24, 2.45) is 0 Å². The summed E-state index contributed by atoms with van der Waals surface area (Å²) in [6, 6.07) is 69.1. The number of hydrogen-bond donors (Lipinski definition) is 0. The molecule has 0 amide bonds. The molecule has 12 aromatic rings. The Morgan fingerprint density at radius 2 is 1.00 bits per heavy atom. The molecule has 262 valence electrons. The van der Waals surface area contributed by atoms with E-state index in [4.69, 9.17) is 8.83 Å². The monoisotopic (exact) mass is 716 g/mol. The van der Waals surface area contributed by atoms with Gasteiger partial charge in [-0.25, -0.2) is 0 Å². The first-order chi connectivity index (χ1) is 27.8. The third-order valence-electron chi connectivity index (χ3n) is 11.3. The van der Waals surface area contributed by atoms with Crippen molar-refractivity contribution in [1.29, 1.82) is 0 Å². The molecule has 0 unspecified atom stereocenters. The molecule has 12 rings (SSSR count). The molecule has 56 heavy (non-hydrogen) atoms. The Bertz CT molecular complexity index is 3460. The highest BCUT2D eigenvalue weighted by molar-refractivity contribution is 6.19. The highest BCUT2D eigenvalue weighted by Crippen LogP contribution is 2.46. The van der Waals surface area contributed by atoms with Crippen LogP contribution in [0.1, 0.15) is 0 Å². The molecule has 0 bridgehead atoms. The molecule has 0 aliphatic heterocycles. The van der Waals surface area contributed by atoms with E-state index < -0.39 is 0 Å². The largest absolute Gasteiger partial charge is 0.456 e. The van der Waals surface area contributed by atoms with Crippen molar-refractivity contribution in [3.05, 3.63) is 194 Å². The normalized spacial score (nSPS) is 11.9. The zero-order chi connectivity index (χ0) is 36.7. The maximum Gasteiger partial charge on any atom is 0.143 e. The summed E-state index contributed by atoms with van der Waals surface area (Å²) in [6.45, 7) is 0. The number of aromatic nitrogens is 1. The van der Waals surface area contributed by atoms with Gasteiger partial charge in [0.25, 0.3) is 0 Å². The highest BCUT2D eigenvalue weighted by atomic mass is 16.3. The molecule has 3 heterocycles. The van der Waals surface area contributed by atoms with Crippen LogP contribution >= 0.6 is 0 Å². The molecule has 0 spiro atoms. The van der Waals surface area contributed by atoms with E-state index in [1.807, 2.05) is 12.1 Å². The van der Waals surface area contributed by atoms with Crippen molar-refractivity contribution in [1.82, 2.24) is 4.57 Å². The van der Waals surface area contributed by atoms with Gasteiger partial charge in [-0.3, -0.25) is 0 Å². The van der Waals surface area contributed by atoms with E-state index in [2.05, 4.69) is 191 Å². The zero-order valence-electron chi connectivity index (χ0n) is 30.2. The van der Waals surface area contributed by atoms with Crippen molar-refractivity contribution in [2.75, 3.05) is 4.90 Å². The minimum Gasteiger partial charge on any atom is -0.456 e. The van der Waals surface area contributed by atoms with Crippen molar-refractivity contribution in [2.45, 2.75) is 0 Å². The lowest BCUT2D eigenvalue weighted by Gasteiger charge is -2.27. The second-order valence-electron chi connectivity index (χ2n) is 14.5. The summed E-state index contributed by atoms with van der Waals surface area (Å²) in [7, 11) is 0. The minimum absolute atomic E-state index is 0.851. The van der Waals surface area contributed by atoms with Crippen LogP contribution in [0.5, 0.6) is 0 Å². The van der Waals surface area contributed by atoms with Gasteiger partial charge < -0.3 is 18.3 Å². The molecule has 0 N–H and O–H groups in total. The van der Waals surface area contributed by atoms with Crippen molar-refractivity contribution < 1.29 is 8.83 Å². The van der Waals surface area contributed by atoms with Crippen LogP contribution in [0.25, 0.3) is 93.3 Å². The van der Waals surface area contributed by atoms with E-state index in [0.717, 1.165) is 88.5 Å². The van der Waals surface area contributed by atoms with Crippen molar-refractivity contribution in [3.63, 3.8) is 0 Å². The van der Waals surface area contributed by atoms with Gasteiger partial charge in [-0.05, 0) is 95.4 Å². The Morgan fingerprint density at radius 3 is 1.84 bits per heavy atom. The Hall–Kier alpha value is -7.56. The molecular formula is C52H32N2O2. The molecule has 0 atom stereocenters. The molecule has 9 aromatic carbocycles. The van der Waals surface area contributed by atoms with Gasteiger partial charge in [-0.2, -0.15) is 0 Å². The summed E-state index contributed by atoms with van der Waals surface area (Å²) in [5.74, 6) is 0. The number of benzene rings is 9. The van der Waals surface area contributed by atoms with Crippen LogP contribution in [0.15, 0.2) is 203 Å². The molecule has 4 heteroatoms. The number of furan rings is 2. The van der Waals surface area contributed by atoms with Gasteiger partial charge >= 0.3 is 0 Å². The Balaban J connectivity index is 1.10. The average Bonchev–Trinajstić information content (AvgIpc) is 3.94. The number of fused-ring (bicyclic) bond motifs is 11. The average molecular weight is 717 g/mol. The maximum atomic E-state index is 6.72. The first kappa shape index (κ1) is 30.9. The van der Waals surface area contributed by atoms with Gasteiger partial charge in [0.05, 0.1) is 22.1 Å². The Kier molecular flexibility index (Phi) is 6.60. The van der Waals surface area contributed by atoms with E-state index in [1.54, 1.807) is 0 Å². The number of para-hydroxylation sites is 3. The van der Waals surface area contributed by atoms with Crippen LogP contribution in [0, 0.1) is 0 Å². The molecule has 0 saturated carbocycles. The zero-order valence-corrected chi connectivity index (χ0v) is 30.2. The molecule has 0 aliphatic carbocycles. The van der Waals surface area contributed by atoms with Gasteiger partial charge in [-0.1, -0.05) is 115 Å². The number of rotatable bonds is 5. The standard InChI is InChI=1S/C52H32N2O2/c1-2-17-39-33(12-1)26-29-44-51-47(23-11-25-49(51)56-52(39)44)53(36-14-9-13-34(30-36)35-27-28-43-42-20-5-8-24-48(42)55-50(43)31-35)37-15-10-16-38(32-37)54-45-21-6-3-18-40(45)41-19-4-7-22-46(41)54/h1-32H. The van der Waals surface area contributed by atoms with E-state index in [-0.39, 0.29) is 0 Å². The van der Waals surface area contributed by atoms with Crippen molar-refractivity contribution in [3.8, 4) is 16.8 Å². The van der Waals surface area contributed by atoms with E-state index in [1.165, 1.54) is 21.8 Å². The van der Waals surface area contributed by atoms with E-state index in [9.17, 15) is 0 Å². The fraction of sp³-hybridized carbons (Fsp3) is 0. The van der Waals surface area contributed by atoms with E-state index in [0.29, 0.717) is 0 Å². The van der Waals surface area contributed by atoms with Crippen LogP contribution in [0.2, 0.25) is 0 Å². The van der Waals surface area contributed by atoms with E-state index >= 15 is 0 Å². The molecular weight excluding hydrogens is 685 g/mol. The molecule has 3 aromatic heterocycles. The van der Waals surface area contributed by atoms with Crippen LogP contribution in [-0.2, 0) is 0 Å². The Morgan fingerprint density at radius 1 is 0.375 bits per heavy atom. The predicted molar refractivity (Wildman–Crippen MR) is 233 cm³/mol. The van der Waals surface area contributed by atoms with Crippen molar-refractivity contribution >= 4 is 93.5 Å². The van der Waals surface area contributed by atoms with Gasteiger partial charge in [0.15, 0.2) is 0 Å². The summed E-state index contributed by atoms with van der Waals surface area (Å²) in [5.41, 5.74) is 12.3. The smallest absolute Gasteiger partial charge is 0.143 e. The highest BCUT2D eigenvalue weighted by Gasteiger charge is 2.22. The second-order valence-corrected chi connectivity index (χ2v) is 14.5. The topological polar surface area (TPSA) is 34.5 Å². The third-order valence-corrected chi connectivity index (χ3v) is 11.3. The lowest BCUT2D eigenvalue weighted by molar-refractivity contribution is 0.669. The minimum atomic E-state index is 0.851. The molecule has 0 saturated heterocycles. The lowest BCUT2D eigenvalue weighted by atomic mass is 10.0. The summed E-state index contributed by atoms with van der Waals surface area (Å²) in [4.78, 5) is 2.38. The Labute approximate surface area is 321 Å². The van der Waals surface area contributed by atoms with Gasteiger partial charge in [-0.15, -0.1) is 0 Å². The summed E-state index contributed by atoms with van der Waals surface area (Å²) in [6.07, 6.45) is 0. The molecule has 0 aliphatic rings. The third kappa shape index (κ3) is 4.60. The van der Waals surface area contributed by atoms with Gasteiger partial charge in [0, 0.05) is 49.4 Å². The SMILES string of the molecule is c1cc(-c2ccc3c(c2)oc2ccccc23)cc(N(c2cccc(-n3c4ccccc4c4ccccc43)c2)c2cccc3oc4c5ccccc5ccc4c23)c1. The first-order valence-corrected chi connectivity index (χ1v) is 19.0. The fourth-order valence-corrected chi connectivity index (χ4v) is 8.85. The van der Waals surface area contributed by atoms with Crippen LogP contribution < -0.4 is 4.90 Å².